The zero-order valence-corrected chi connectivity index (χ0v) is 8.93. The molecule has 1 nitrogen and oxygen atoms in total. The van der Waals surface area contributed by atoms with E-state index in [4.69, 9.17) is 0 Å². The quantitative estimate of drug-likeness (QED) is 0.692. The van der Waals surface area contributed by atoms with Crippen LogP contribution in [0.4, 0.5) is 0 Å². The number of benzene rings is 1. The van der Waals surface area contributed by atoms with Gasteiger partial charge in [0.15, 0.2) is 0 Å². The van der Waals surface area contributed by atoms with Crippen LogP contribution in [0.3, 0.4) is 0 Å². The first-order valence-corrected chi connectivity index (χ1v) is 6.19. The fraction of sp³-hybridized carbons (Fsp3) is 0.417. The lowest BCUT2D eigenvalue weighted by Gasteiger charge is -2.22. The third-order valence-corrected chi connectivity index (χ3v) is 3.94. The summed E-state index contributed by atoms with van der Waals surface area (Å²) in [7, 11) is 0. The molecule has 0 aliphatic carbocycles. The molecule has 0 spiro atoms. The van der Waals surface area contributed by atoms with Crippen LogP contribution in [-0.2, 0) is 0 Å². The fourth-order valence-corrected chi connectivity index (χ4v) is 3.14. The maximum absolute atomic E-state index is 10.9. The molecule has 1 aromatic rings. The standard InChI is InChI=1S/C12H14OS/c13-8-10-4-1-2-6-12(10)11-5-3-7-14-9-11/h1-2,4,6,8,11H,3,5,7,9H2. The van der Waals surface area contributed by atoms with Crippen LogP contribution < -0.4 is 0 Å². The summed E-state index contributed by atoms with van der Waals surface area (Å²) in [4.78, 5) is 10.9. The molecule has 1 aliphatic heterocycles. The maximum atomic E-state index is 10.9. The topological polar surface area (TPSA) is 17.1 Å². The molecular weight excluding hydrogens is 192 g/mol. The Morgan fingerprint density at radius 2 is 2.21 bits per heavy atom. The Morgan fingerprint density at radius 1 is 1.36 bits per heavy atom. The number of rotatable bonds is 2. The van der Waals surface area contributed by atoms with Crippen molar-refractivity contribution < 1.29 is 4.79 Å². The normalized spacial score (nSPS) is 21.9. The third kappa shape index (κ3) is 2.01. The highest BCUT2D eigenvalue weighted by Gasteiger charge is 2.17. The Labute approximate surface area is 88.9 Å². The van der Waals surface area contributed by atoms with Gasteiger partial charge in [0, 0.05) is 11.3 Å². The molecule has 1 saturated heterocycles. The maximum Gasteiger partial charge on any atom is 0.150 e. The lowest BCUT2D eigenvalue weighted by Crippen LogP contribution is -2.10. The highest BCUT2D eigenvalue weighted by Crippen LogP contribution is 2.32. The van der Waals surface area contributed by atoms with Crippen molar-refractivity contribution in [2.24, 2.45) is 0 Å². The minimum atomic E-state index is 0.593. The second kappa shape index (κ2) is 4.65. The van der Waals surface area contributed by atoms with Crippen LogP contribution >= 0.6 is 11.8 Å². The second-order valence-corrected chi connectivity index (χ2v) is 4.81. The average molecular weight is 206 g/mol. The van der Waals surface area contributed by atoms with Crippen LogP contribution in [0.15, 0.2) is 24.3 Å². The zero-order chi connectivity index (χ0) is 9.80. The second-order valence-electron chi connectivity index (χ2n) is 3.66. The lowest BCUT2D eigenvalue weighted by molar-refractivity contribution is 0.112. The number of hydrogen-bond acceptors (Lipinski definition) is 2. The van der Waals surface area contributed by atoms with Gasteiger partial charge in [0.2, 0.25) is 0 Å². The highest BCUT2D eigenvalue weighted by molar-refractivity contribution is 7.99. The summed E-state index contributed by atoms with van der Waals surface area (Å²) in [5, 5.41) is 0. The largest absolute Gasteiger partial charge is 0.298 e. The molecule has 1 atom stereocenters. The molecule has 14 heavy (non-hydrogen) atoms. The molecule has 0 amide bonds. The first-order valence-electron chi connectivity index (χ1n) is 5.03. The molecule has 0 aromatic heterocycles. The van der Waals surface area contributed by atoms with Crippen molar-refractivity contribution in [3.05, 3.63) is 35.4 Å². The van der Waals surface area contributed by atoms with Gasteiger partial charge < -0.3 is 0 Å². The molecule has 1 heterocycles. The summed E-state index contributed by atoms with van der Waals surface area (Å²) in [5.41, 5.74) is 2.12. The van der Waals surface area contributed by atoms with Gasteiger partial charge in [-0.05, 0) is 30.1 Å². The molecule has 1 aromatic carbocycles. The monoisotopic (exact) mass is 206 g/mol. The summed E-state index contributed by atoms with van der Waals surface area (Å²) >= 11 is 2.00. The van der Waals surface area contributed by atoms with Crippen LogP contribution in [0.5, 0.6) is 0 Å². The zero-order valence-electron chi connectivity index (χ0n) is 8.11. The minimum Gasteiger partial charge on any atom is -0.298 e. The van der Waals surface area contributed by atoms with E-state index in [1.165, 1.54) is 29.9 Å². The van der Waals surface area contributed by atoms with Crippen molar-refractivity contribution in [1.29, 1.82) is 0 Å². The number of thioether (sulfide) groups is 1. The van der Waals surface area contributed by atoms with Crippen LogP contribution in [0.2, 0.25) is 0 Å². The molecule has 0 N–H and O–H groups in total. The Morgan fingerprint density at radius 3 is 2.93 bits per heavy atom. The molecule has 74 valence electrons. The number of hydrogen-bond donors (Lipinski definition) is 0. The van der Waals surface area contributed by atoms with Gasteiger partial charge in [-0.25, -0.2) is 0 Å². The summed E-state index contributed by atoms with van der Waals surface area (Å²) in [5.74, 6) is 3.04. The minimum absolute atomic E-state index is 0.593. The molecule has 2 rings (SSSR count). The van der Waals surface area contributed by atoms with E-state index in [2.05, 4.69) is 6.07 Å². The third-order valence-electron chi connectivity index (χ3n) is 2.72. The van der Waals surface area contributed by atoms with Crippen LogP contribution in [-0.4, -0.2) is 17.8 Å². The van der Waals surface area contributed by atoms with Crippen molar-refractivity contribution in [3.63, 3.8) is 0 Å². The Kier molecular flexibility index (Phi) is 3.25. The van der Waals surface area contributed by atoms with Crippen molar-refractivity contribution in [3.8, 4) is 0 Å². The van der Waals surface area contributed by atoms with Crippen LogP contribution in [0.1, 0.15) is 34.7 Å². The van der Waals surface area contributed by atoms with E-state index < -0.39 is 0 Å². The molecule has 2 heteroatoms. The predicted octanol–water partition coefficient (Wildman–Crippen LogP) is 3.11. The Balaban J connectivity index is 2.24. The van der Waals surface area contributed by atoms with Gasteiger partial charge in [0.1, 0.15) is 6.29 Å². The van der Waals surface area contributed by atoms with Crippen molar-refractivity contribution in [2.75, 3.05) is 11.5 Å². The van der Waals surface area contributed by atoms with Gasteiger partial charge in [-0.1, -0.05) is 24.3 Å². The number of aldehydes is 1. The van der Waals surface area contributed by atoms with Crippen molar-refractivity contribution in [1.82, 2.24) is 0 Å². The average Bonchev–Trinajstić information content (AvgIpc) is 2.30. The summed E-state index contributed by atoms with van der Waals surface area (Å²) < 4.78 is 0. The van der Waals surface area contributed by atoms with Gasteiger partial charge in [-0.3, -0.25) is 4.79 Å². The SMILES string of the molecule is O=Cc1ccccc1C1CCCSC1. The van der Waals surface area contributed by atoms with Gasteiger partial charge >= 0.3 is 0 Å². The summed E-state index contributed by atoms with van der Waals surface area (Å²) in [6.07, 6.45) is 3.50. The Bertz CT molecular complexity index is 316. The molecule has 1 fully saturated rings. The fourth-order valence-electron chi connectivity index (χ4n) is 1.98. The van der Waals surface area contributed by atoms with Gasteiger partial charge in [-0.2, -0.15) is 11.8 Å². The first kappa shape index (κ1) is 9.78. The van der Waals surface area contributed by atoms with E-state index in [0.29, 0.717) is 5.92 Å². The number of carbonyl (C=O) groups is 1. The van der Waals surface area contributed by atoms with E-state index in [0.717, 1.165) is 11.8 Å². The molecule has 0 radical (unpaired) electrons. The highest BCUT2D eigenvalue weighted by atomic mass is 32.2. The van der Waals surface area contributed by atoms with E-state index in [1.807, 2.05) is 30.0 Å². The van der Waals surface area contributed by atoms with Gasteiger partial charge in [0.05, 0.1) is 0 Å². The van der Waals surface area contributed by atoms with Gasteiger partial charge in [-0.15, -0.1) is 0 Å². The van der Waals surface area contributed by atoms with E-state index >= 15 is 0 Å². The van der Waals surface area contributed by atoms with Crippen LogP contribution in [0, 0.1) is 0 Å². The first-order chi connectivity index (χ1) is 6.92. The molecule has 1 aliphatic rings. The van der Waals surface area contributed by atoms with Crippen molar-refractivity contribution in [2.45, 2.75) is 18.8 Å². The van der Waals surface area contributed by atoms with E-state index in [1.54, 1.807) is 0 Å². The van der Waals surface area contributed by atoms with E-state index in [9.17, 15) is 4.79 Å². The van der Waals surface area contributed by atoms with Crippen LogP contribution in [0.25, 0.3) is 0 Å². The summed E-state index contributed by atoms with van der Waals surface area (Å²) in [6.45, 7) is 0. The van der Waals surface area contributed by atoms with E-state index in [-0.39, 0.29) is 0 Å². The molecule has 0 bridgehead atoms. The smallest absolute Gasteiger partial charge is 0.150 e. The Hall–Kier alpha value is -0.760. The number of carbonyl (C=O) groups excluding carboxylic acids is 1. The predicted molar refractivity (Wildman–Crippen MR) is 61.1 cm³/mol. The molecule has 1 unspecified atom stereocenters. The molecule has 0 saturated carbocycles. The molecular formula is C12H14OS. The van der Waals surface area contributed by atoms with Gasteiger partial charge in [0.25, 0.3) is 0 Å². The summed E-state index contributed by atoms with van der Waals surface area (Å²) in [6, 6.07) is 7.98. The van der Waals surface area contributed by atoms with Crippen molar-refractivity contribution >= 4 is 18.0 Å². The lowest BCUT2D eigenvalue weighted by atomic mass is 9.92.